The third kappa shape index (κ3) is 1.84. The molecule has 0 aliphatic heterocycles. The molecular formula is C12H11N5O. The lowest BCUT2D eigenvalue weighted by molar-refractivity contribution is 0.465. The molecule has 0 spiro atoms. The minimum atomic E-state index is 0.437. The molecule has 0 fully saturated rings. The van der Waals surface area contributed by atoms with Gasteiger partial charge in [0.05, 0.1) is 0 Å². The molecular weight excluding hydrogens is 230 g/mol. The van der Waals surface area contributed by atoms with E-state index in [1.54, 1.807) is 23.1 Å². The fraction of sp³-hybridized carbons (Fsp3) is 0.0833. The van der Waals surface area contributed by atoms with Crippen LogP contribution >= 0.6 is 0 Å². The molecule has 6 heteroatoms. The molecule has 0 saturated carbocycles. The first-order valence-corrected chi connectivity index (χ1v) is 5.47. The summed E-state index contributed by atoms with van der Waals surface area (Å²) < 4.78 is 7.44. The van der Waals surface area contributed by atoms with Gasteiger partial charge in [0, 0.05) is 25.1 Å². The number of benzene rings is 1. The van der Waals surface area contributed by atoms with Gasteiger partial charge in [0.1, 0.15) is 12.1 Å². The van der Waals surface area contributed by atoms with Crippen LogP contribution in [0, 0.1) is 0 Å². The molecule has 0 aliphatic rings. The molecule has 3 aromatic rings. The molecule has 0 atom stereocenters. The average Bonchev–Trinajstić information content (AvgIpc) is 2.89. The second-order valence-electron chi connectivity index (χ2n) is 3.67. The van der Waals surface area contributed by atoms with Crippen LogP contribution in [0.5, 0.6) is 11.6 Å². The molecule has 6 nitrogen and oxygen atoms in total. The van der Waals surface area contributed by atoms with E-state index in [0.29, 0.717) is 17.3 Å². The Morgan fingerprint density at radius 3 is 2.83 bits per heavy atom. The maximum Gasteiger partial charge on any atom is 0.265 e. The van der Waals surface area contributed by atoms with Crippen molar-refractivity contribution in [3.8, 4) is 11.6 Å². The number of hydrogen-bond acceptors (Lipinski definition) is 5. The van der Waals surface area contributed by atoms with Gasteiger partial charge in [-0.1, -0.05) is 0 Å². The van der Waals surface area contributed by atoms with E-state index in [2.05, 4.69) is 20.5 Å². The van der Waals surface area contributed by atoms with Crippen LogP contribution in [0.4, 0.5) is 5.69 Å². The van der Waals surface area contributed by atoms with E-state index in [9.17, 15) is 0 Å². The highest BCUT2D eigenvalue weighted by Crippen LogP contribution is 2.23. The van der Waals surface area contributed by atoms with Crippen molar-refractivity contribution in [2.75, 3.05) is 12.4 Å². The van der Waals surface area contributed by atoms with Gasteiger partial charge in [-0.3, -0.25) is 4.40 Å². The largest absolute Gasteiger partial charge is 0.436 e. The Labute approximate surface area is 103 Å². The second-order valence-corrected chi connectivity index (χ2v) is 3.67. The maximum atomic E-state index is 5.69. The van der Waals surface area contributed by atoms with Crippen molar-refractivity contribution < 1.29 is 4.74 Å². The average molecular weight is 241 g/mol. The monoisotopic (exact) mass is 241 g/mol. The summed E-state index contributed by atoms with van der Waals surface area (Å²) >= 11 is 0. The van der Waals surface area contributed by atoms with E-state index in [-0.39, 0.29) is 0 Å². The summed E-state index contributed by atoms with van der Waals surface area (Å²) in [6, 6.07) is 7.60. The summed E-state index contributed by atoms with van der Waals surface area (Å²) in [5.74, 6) is 1.14. The highest BCUT2D eigenvalue weighted by molar-refractivity contribution is 5.51. The van der Waals surface area contributed by atoms with Crippen molar-refractivity contribution in [3.63, 3.8) is 0 Å². The van der Waals surface area contributed by atoms with Crippen LogP contribution in [0.3, 0.4) is 0 Å². The smallest absolute Gasteiger partial charge is 0.265 e. The Kier molecular flexibility index (Phi) is 2.53. The van der Waals surface area contributed by atoms with Crippen molar-refractivity contribution in [1.82, 2.24) is 19.6 Å². The van der Waals surface area contributed by atoms with Crippen molar-refractivity contribution in [2.45, 2.75) is 0 Å². The summed E-state index contributed by atoms with van der Waals surface area (Å²) in [6.07, 6.45) is 5.02. The van der Waals surface area contributed by atoms with E-state index in [0.717, 1.165) is 5.69 Å². The Balaban J connectivity index is 1.93. The maximum absolute atomic E-state index is 5.69. The molecule has 0 unspecified atom stereocenters. The number of hydrogen-bond donors (Lipinski definition) is 1. The number of fused-ring (bicyclic) bond motifs is 1. The zero-order valence-electron chi connectivity index (χ0n) is 9.74. The Hall–Kier alpha value is -2.63. The summed E-state index contributed by atoms with van der Waals surface area (Å²) in [5, 5.41) is 10.8. The molecule has 1 N–H and O–H groups in total. The van der Waals surface area contributed by atoms with Crippen molar-refractivity contribution in [3.05, 3.63) is 43.0 Å². The molecule has 0 bridgehead atoms. The lowest BCUT2D eigenvalue weighted by atomic mass is 10.3. The van der Waals surface area contributed by atoms with E-state index < -0.39 is 0 Å². The normalized spacial score (nSPS) is 10.5. The zero-order valence-corrected chi connectivity index (χ0v) is 9.74. The molecule has 2 heterocycles. The third-order valence-corrected chi connectivity index (χ3v) is 2.54. The second kappa shape index (κ2) is 4.33. The molecule has 0 radical (unpaired) electrons. The number of aromatic nitrogens is 4. The number of nitrogens with one attached hydrogen (secondary N) is 1. The fourth-order valence-corrected chi connectivity index (χ4v) is 1.61. The quantitative estimate of drug-likeness (QED) is 0.759. The summed E-state index contributed by atoms with van der Waals surface area (Å²) in [5.41, 5.74) is 1.62. The van der Waals surface area contributed by atoms with Gasteiger partial charge in [-0.2, -0.15) is 0 Å². The van der Waals surface area contributed by atoms with Crippen LogP contribution < -0.4 is 10.1 Å². The highest BCUT2D eigenvalue weighted by Gasteiger charge is 2.06. The first kappa shape index (κ1) is 10.5. The van der Waals surface area contributed by atoms with Crippen LogP contribution in [0.1, 0.15) is 0 Å². The first-order valence-electron chi connectivity index (χ1n) is 5.47. The van der Waals surface area contributed by atoms with Crippen LogP contribution in [0.2, 0.25) is 0 Å². The Morgan fingerprint density at radius 2 is 2.06 bits per heavy atom. The number of rotatable bonds is 3. The number of anilines is 1. The molecule has 0 aliphatic carbocycles. The minimum Gasteiger partial charge on any atom is -0.436 e. The summed E-state index contributed by atoms with van der Waals surface area (Å²) in [7, 11) is 1.87. The predicted octanol–water partition coefficient (Wildman–Crippen LogP) is 1.96. The molecule has 3 rings (SSSR count). The SMILES string of the molecule is CNc1ccc(Oc2nccn3cnnc23)cc1. The van der Waals surface area contributed by atoms with E-state index in [1.807, 2.05) is 31.3 Å². The van der Waals surface area contributed by atoms with Crippen molar-refractivity contribution in [2.24, 2.45) is 0 Å². The Bertz CT molecular complexity index is 662. The fourth-order valence-electron chi connectivity index (χ4n) is 1.61. The predicted molar refractivity (Wildman–Crippen MR) is 66.8 cm³/mol. The van der Waals surface area contributed by atoms with Crippen molar-refractivity contribution >= 4 is 11.3 Å². The molecule has 90 valence electrons. The van der Waals surface area contributed by atoms with Crippen LogP contribution in [-0.4, -0.2) is 26.6 Å². The van der Waals surface area contributed by atoms with Gasteiger partial charge in [0.2, 0.25) is 5.65 Å². The first-order chi connectivity index (χ1) is 8.86. The molecule has 1 aromatic carbocycles. The van der Waals surface area contributed by atoms with E-state index >= 15 is 0 Å². The van der Waals surface area contributed by atoms with Crippen molar-refractivity contribution in [1.29, 1.82) is 0 Å². The summed E-state index contributed by atoms with van der Waals surface area (Å²) in [6.45, 7) is 0. The standard InChI is InChI=1S/C12H11N5O/c1-13-9-2-4-10(5-3-9)18-12-11-16-15-8-17(11)7-6-14-12/h2-8,13H,1H3. The van der Waals surface area contributed by atoms with Crippen LogP contribution in [0.15, 0.2) is 43.0 Å². The number of ether oxygens (including phenoxy) is 1. The zero-order chi connectivity index (χ0) is 12.4. The van der Waals surface area contributed by atoms with Gasteiger partial charge in [-0.25, -0.2) is 4.98 Å². The summed E-state index contributed by atoms with van der Waals surface area (Å²) in [4.78, 5) is 4.16. The Morgan fingerprint density at radius 1 is 1.22 bits per heavy atom. The topological polar surface area (TPSA) is 64.3 Å². The van der Waals surface area contributed by atoms with Gasteiger partial charge < -0.3 is 10.1 Å². The number of nitrogens with zero attached hydrogens (tertiary/aromatic N) is 4. The third-order valence-electron chi connectivity index (χ3n) is 2.54. The minimum absolute atomic E-state index is 0.437. The van der Waals surface area contributed by atoms with E-state index in [4.69, 9.17) is 4.74 Å². The van der Waals surface area contributed by atoms with Crippen LogP contribution in [0.25, 0.3) is 5.65 Å². The van der Waals surface area contributed by atoms with Gasteiger partial charge in [-0.15, -0.1) is 10.2 Å². The molecule has 0 saturated heterocycles. The lowest BCUT2D eigenvalue weighted by Crippen LogP contribution is -1.93. The van der Waals surface area contributed by atoms with Gasteiger partial charge in [0.15, 0.2) is 0 Å². The molecule has 18 heavy (non-hydrogen) atoms. The molecule has 0 amide bonds. The van der Waals surface area contributed by atoms with Gasteiger partial charge in [-0.05, 0) is 24.3 Å². The highest BCUT2D eigenvalue weighted by atomic mass is 16.5. The molecule has 2 aromatic heterocycles. The van der Waals surface area contributed by atoms with Gasteiger partial charge in [0.25, 0.3) is 5.88 Å². The van der Waals surface area contributed by atoms with E-state index in [1.165, 1.54) is 0 Å². The van der Waals surface area contributed by atoms with Crippen LogP contribution in [-0.2, 0) is 0 Å². The van der Waals surface area contributed by atoms with Gasteiger partial charge >= 0.3 is 0 Å². The lowest BCUT2D eigenvalue weighted by Gasteiger charge is -2.06.